The van der Waals surface area contributed by atoms with Crippen LogP contribution in [-0.2, 0) is 6.42 Å². The van der Waals surface area contributed by atoms with E-state index in [9.17, 15) is 4.39 Å². The highest BCUT2D eigenvalue weighted by Crippen LogP contribution is 2.32. The summed E-state index contributed by atoms with van der Waals surface area (Å²) in [5.41, 5.74) is 5.70. The number of piperidine rings is 1. The summed E-state index contributed by atoms with van der Waals surface area (Å²) in [5.74, 6) is 1.15. The fraction of sp³-hybridized carbons (Fsp3) is 0.471. The number of nitrogens with zero attached hydrogens (tertiary/aromatic N) is 4. The van der Waals surface area contributed by atoms with E-state index in [2.05, 4.69) is 77.2 Å². The smallest absolute Gasteiger partial charge is 0.159 e. The third-order valence-electron chi connectivity index (χ3n) is 8.52. The van der Waals surface area contributed by atoms with E-state index in [1.54, 1.807) is 12.3 Å². The Morgan fingerprint density at radius 1 is 1.30 bits per heavy atom. The molecule has 2 atom stereocenters. The number of hydrogen-bond donors (Lipinski definition) is 4. The summed E-state index contributed by atoms with van der Waals surface area (Å²) in [4.78, 5) is 18.2. The van der Waals surface area contributed by atoms with Crippen molar-refractivity contribution in [1.82, 2.24) is 31.2 Å². The van der Waals surface area contributed by atoms with Crippen LogP contribution >= 0.6 is 0 Å². The SMILES string of the molecule is C=NC(=Nc1cncc(C(C)CCC)c1CCNC1CCNCC1(C)C)C1=CCNC(NC(=C)c2ncccc2F)=C1C. The number of dihydropyridines is 1. The minimum absolute atomic E-state index is 0.173. The number of hydrogen-bond acceptors (Lipinski definition) is 7. The van der Waals surface area contributed by atoms with Crippen molar-refractivity contribution in [3.63, 3.8) is 0 Å². The first kappa shape index (κ1) is 32.2. The van der Waals surface area contributed by atoms with Crippen LogP contribution in [0.1, 0.15) is 76.6 Å². The maximum absolute atomic E-state index is 14.3. The van der Waals surface area contributed by atoms with Gasteiger partial charge in [0.25, 0.3) is 0 Å². The van der Waals surface area contributed by atoms with Gasteiger partial charge in [0.15, 0.2) is 11.7 Å². The minimum Gasteiger partial charge on any atom is -0.368 e. The first-order valence-electron chi connectivity index (χ1n) is 15.3. The highest BCUT2D eigenvalue weighted by atomic mass is 19.1. The molecule has 0 saturated carbocycles. The lowest BCUT2D eigenvalue weighted by Crippen LogP contribution is -2.53. The second-order valence-corrected chi connectivity index (χ2v) is 12.2. The van der Waals surface area contributed by atoms with E-state index in [1.807, 2.05) is 25.4 Å². The predicted molar refractivity (Wildman–Crippen MR) is 176 cm³/mol. The third-order valence-corrected chi connectivity index (χ3v) is 8.52. The van der Waals surface area contributed by atoms with Gasteiger partial charge in [-0.2, -0.15) is 0 Å². The molecule has 4 N–H and O–H groups in total. The summed E-state index contributed by atoms with van der Waals surface area (Å²) in [7, 11) is 0. The number of aliphatic imine (C=N–C) groups is 2. The number of rotatable bonds is 12. The molecule has 0 spiro atoms. The van der Waals surface area contributed by atoms with Gasteiger partial charge in [0.05, 0.1) is 17.6 Å². The zero-order valence-electron chi connectivity index (χ0n) is 26.4. The molecule has 9 heteroatoms. The minimum atomic E-state index is -0.435. The van der Waals surface area contributed by atoms with Crippen LogP contribution in [0.2, 0.25) is 0 Å². The van der Waals surface area contributed by atoms with Crippen LogP contribution in [0.15, 0.2) is 70.3 Å². The van der Waals surface area contributed by atoms with E-state index in [0.29, 0.717) is 35.9 Å². The summed E-state index contributed by atoms with van der Waals surface area (Å²) in [6.45, 7) is 22.4. The first-order chi connectivity index (χ1) is 20.7. The van der Waals surface area contributed by atoms with Gasteiger partial charge in [-0.3, -0.25) is 9.97 Å². The standard InChI is InChI=1S/C34H47FN8/c1-8-10-22(2)27-19-38-20-29(26(27)13-17-39-30-14-16-37-21-34(30,5)6)43-33(36-7)25-12-18-41-32(23(25)3)42-24(4)31-28(35)11-9-15-40-31/h9,11-12,15,19-20,22,30,37,39,41-42H,4,7-8,10,13-14,16-18,21H2,1-3,5-6H3. The molecule has 4 rings (SSSR count). The molecule has 0 aromatic carbocycles. The largest absolute Gasteiger partial charge is 0.368 e. The Morgan fingerprint density at radius 2 is 2.12 bits per heavy atom. The molecule has 0 aliphatic carbocycles. The summed E-state index contributed by atoms with van der Waals surface area (Å²) in [6, 6.07) is 3.38. The van der Waals surface area contributed by atoms with Crippen molar-refractivity contribution < 1.29 is 4.39 Å². The fourth-order valence-electron chi connectivity index (χ4n) is 5.98. The van der Waals surface area contributed by atoms with Crippen molar-refractivity contribution in [3.8, 4) is 0 Å². The summed E-state index contributed by atoms with van der Waals surface area (Å²) < 4.78 is 14.3. The average Bonchev–Trinajstić information content (AvgIpc) is 2.98. The number of pyridine rings is 2. The Morgan fingerprint density at radius 3 is 2.84 bits per heavy atom. The highest BCUT2D eigenvalue weighted by Gasteiger charge is 2.31. The molecule has 2 aliphatic heterocycles. The number of amidine groups is 1. The van der Waals surface area contributed by atoms with Crippen LogP contribution in [0.4, 0.5) is 10.1 Å². The molecule has 4 heterocycles. The lowest BCUT2D eigenvalue weighted by atomic mass is 9.80. The molecule has 1 fully saturated rings. The zero-order valence-corrected chi connectivity index (χ0v) is 26.4. The lowest BCUT2D eigenvalue weighted by Gasteiger charge is -2.39. The predicted octanol–water partition coefficient (Wildman–Crippen LogP) is 5.79. The molecule has 2 aliphatic rings. The second-order valence-electron chi connectivity index (χ2n) is 12.2. The van der Waals surface area contributed by atoms with Gasteiger partial charge >= 0.3 is 0 Å². The van der Waals surface area contributed by atoms with E-state index >= 15 is 0 Å². The molecule has 0 amide bonds. The van der Waals surface area contributed by atoms with Crippen molar-refractivity contribution in [2.75, 3.05) is 26.2 Å². The van der Waals surface area contributed by atoms with Crippen molar-refractivity contribution in [1.29, 1.82) is 0 Å². The van der Waals surface area contributed by atoms with Gasteiger partial charge in [-0.1, -0.05) is 46.8 Å². The van der Waals surface area contributed by atoms with Crippen molar-refractivity contribution in [2.45, 2.75) is 72.3 Å². The first-order valence-corrected chi connectivity index (χ1v) is 15.3. The molecular weight excluding hydrogens is 539 g/mol. The molecule has 1 saturated heterocycles. The Kier molecular flexibility index (Phi) is 11.0. The molecule has 8 nitrogen and oxygen atoms in total. The van der Waals surface area contributed by atoms with Crippen molar-refractivity contribution in [3.05, 3.63) is 83.0 Å². The summed E-state index contributed by atoms with van der Waals surface area (Å²) in [6.07, 6.45) is 11.6. The van der Waals surface area contributed by atoms with Crippen molar-refractivity contribution >= 4 is 23.9 Å². The molecule has 43 heavy (non-hydrogen) atoms. The fourth-order valence-corrected chi connectivity index (χ4v) is 5.98. The van der Waals surface area contributed by atoms with Gasteiger partial charge in [-0.25, -0.2) is 14.4 Å². The molecule has 0 bridgehead atoms. The number of nitrogens with one attached hydrogen (secondary N) is 4. The van der Waals surface area contributed by atoms with Gasteiger partial charge < -0.3 is 21.3 Å². The van der Waals surface area contributed by atoms with E-state index in [4.69, 9.17) is 4.99 Å². The molecule has 2 unspecified atom stereocenters. The topological polar surface area (TPSA) is 98.6 Å². The van der Waals surface area contributed by atoms with Crippen LogP contribution in [0, 0.1) is 11.2 Å². The maximum Gasteiger partial charge on any atom is 0.159 e. The van der Waals surface area contributed by atoms with Crippen LogP contribution in [0.25, 0.3) is 5.70 Å². The third kappa shape index (κ3) is 7.83. The van der Waals surface area contributed by atoms with Crippen LogP contribution < -0.4 is 21.3 Å². The average molecular weight is 587 g/mol. The van der Waals surface area contributed by atoms with E-state index in [-0.39, 0.29) is 11.1 Å². The normalized spacial score (nSPS) is 19.3. The van der Waals surface area contributed by atoms with E-state index in [1.165, 1.54) is 17.2 Å². The van der Waals surface area contributed by atoms with Gasteiger partial charge in [-0.15, -0.1) is 0 Å². The van der Waals surface area contributed by atoms with E-state index in [0.717, 1.165) is 62.2 Å². The molecule has 230 valence electrons. The molecule has 0 radical (unpaired) electrons. The summed E-state index contributed by atoms with van der Waals surface area (Å²) >= 11 is 0. The maximum atomic E-state index is 14.3. The van der Waals surface area contributed by atoms with Crippen LogP contribution in [0.3, 0.4) is 0 Å². The number of aromatic nitrogens is 2. The Hall–Kier alpha value is -3.69. The number of halogens is 1. The Balaban J connectivity index is 1.63. The van der Waals surface area contributed by atoms with Crippen molar-refractivity contribution in [2.24, 2.45) is 15.4 Å². The monoisotopic (exact) mass is 586 g/mol. The van der Waals surface area contributed by atoms with Gasteiger partial charge in [0.1, 0.15) is 11.5 Å². The Labute approximate surface area is 256 Å². The zero-order chi connectivity index (χ0) is 31.0. The molecule has 2 aromatic rings. The quantitative estimate of drug-likeness (QED) is 0.186. The lowest BCUT2D eigenvalue weighted by molar-refractivity contribution is 0.186. The van der Waals surface area contributed by atoms with E-state index < -0.39 is 5.82 Å². The van der Waals surface area contributed by atoms with Gasteiger partial charge in [-0.05, 0) is 80.6 Å². The van der Waals surface area contributed by atoms with Crippen LogP contribution in [-0.4, -0.2) is 54.7 Å². The second kappa shape index (κ2) is 14.7. The molecular formula is C34H47FN8. The highest BCUT2D eigenvalue weighted by molar-refractivity contribution is 6.06. The summed E-state index contributed by atoms with van der Waals surface area (Å²) in [5, 5.41) is 13.9. The molecule has 2 aromatic heterocycles. The Bertz CT molecular complexity index is 1410. The van der Waals surface area contributed by atoms with Crippen LogP contribution in [0.5, 0.6) is 0 Å². The van der Waals surface area contributed by atoms with Gasteiger partial charge in [0.2, 0.25) is 0 Å². The van der Waals surface area contributed by atoms with Gasteiger partial charge in [0, 0.05) is 42.7 Å².